The van der Waals surface area contributed by atoms with Crippen molar-refractivity contribution >= 4 is 20.6 Å². The zero-order chi connectivity index (χ0) is 20.9. The average Bonchev–Trinajstić information content (AvgIpc) is 2.69. The van der Waals surface area contributed by atoms with Gasteiger partial charge in [-0.05, 0) is 25.8 Å². The van der Waals surface area contributed by atoms with Crippen LogP contribution in [0.15, 0.2) is 0 Å². The quantitative estimate of drug-likeness (QED) is 0.173. The van der Waals surface area contributed by atoms with Gasteiger partial charge in [-0.3, -0.25) is 14.1 Å². The van der Waals surface area contributed by atoms with Crippen LogP contribution in [0.5, 0.6) is 0 Å². The van der Waals surface area contributed by atoms with E-state index >= 15 is 0 Å². The van der Waals surface area contributed by atoms with Gasteiger partial charge in [-0.2, -0.15) is 0 Å². The van der Waals surface area contributed by atoms with Crippen LogP contribution in [-0.2, 0) is 28.2 Å². The molecule has 0 aromatic rings. The van der Waals surface area contributed by atoms with E-state index in [2.05, 4.69) is 6.92 Å². The summed E-state index contributed by atoms with van der Waals surface area (Å²) < 4.78 is 25.8. The minimum Gasteiger partial charge on any atom is -0.462 e. The second-order valence-corrected chi connectivity index (χ2v) is 7.40. The van der Waals surface area contributed by atoms with Crippen LogP contribution in [0, 0.1) is 0 Å². The van der Waals surface area contributed by atoms with Gasteiger partial charge in [0.05, 0.1) is 0 Å². The molecule has 0 radical (unpaired) electrons. The molecular weight excluding hydrogens is 381 g/mol. The first-order valence-electron chi connectivity index (χ1n) is 10.6. The highest BCUT2D eigenvalue weighted by Crippen LogP contribution is 2.10. The fraction of sp³-hybridized carbons (Fsp3) is 0.900. The van der Waals surface area contributed by atoms with Crippen molar-refractivity contribution in [3.63, 3.8) is 0 Å². The summed E-state index contributed by atoms with van der Waals surface area (Å²) >= 11 is 0. The van der Waals surface area contributed by atoms with Crippen LogP contribution in [0.3, 0.4) is 0 Å². The lowest BCUT2D eigenvalue weighted by molar-refractivity contribution is -0.160. The van der Waals surface area contributed by atoms with Gasteiger partial charge in [0.15, 0.2) is 6.10 Å². The number of ether oxygens (including phenoxy) is 2. The fourth-order valence-corrected chi connectivity index (χ4v) is 2.95. The molecule has 0 rings (SSSR count). The molecule has 0 aromatic heterocycles. The summed E-state index contributed by atoms with van der Waals surface area (Å²) in [5.41, 5.74) is 5.44. The minimum absolute atomic E-state index is 0.0698. The molecule has 0 saturated heterocycles. The lowest BCUT2D eigenvalue weighted by Gasteiger charge is -2.16. The zero-order valence-electron chi connectivity index (χ0n) is 17.4. The third kappa shape index (κ3) is 18.3. The summed E-state index contributed by atoms with van der Waals surface area (Å²) in [6.07, 6.45) is 11.3. The summed E-state index contributed by atoms with van der Waals surface area (Å²) in [5.74, 6) is -0.668. The Labute approximate surface area is 171 Å². The summed E-state index contributed by atoms with van der Waals surface area (Å²) in [4.78, 5) is 23.7. The van der Waals surface area contributed by atoms with Gasteiger partial charge in [-0.15, -0.1) is 0 Å². The fourth-order valence-electron chi connectivity index (χ4n) is 2.73. The molecule has 0 fully saturated rings. The van der Waals surface area contributed by atoms with Gasteiger partial charge in [0, 0.05) is 12.8 Å². The molecule has 0 aromatic carbocycles. The molecule has 0 aliphatic carbocycles. The molecule has 8 heteroatoms. The smallest absolute Gasteiger partial charge is 0.327 e. The highest BCUT2D eigenvalue weighted by molar-refractivity contribution is 7.17. The topological polar surface area (TPSA) is 105 Å². The van der Waals surface area contributed by atoms with Crippen molar-refractivity contribution in [3.8, 4) is 0 Å². The number of hydrogen-bond donors (Lipinski definition) is 1. The van der Waals surface area contributed by atoms with Crippen LogP contribution in [0.4, 0.5) is 0 Å². The maximum absolute atomic E-state index is 11.9. The Kier molecular flexibility index (Phi) is 19.9. The number of rotatable bonds is 20. The van der Waals surface area contributed by atoms with E-state index in [0.717, 1.165) is 51.4 Å². The summed E-state index contributed by atoms with van der Waals surface area (Å²) in [6.45, 7) is 2.71. The van der Waals surface area contributed by atoms with Gasteiger partial charge in [-0.25, -0.2) is 4.57 Å². The Balaban J connectivity index is 3.96. The Hall–Kier alpha value is -1.04. The maximum atomic E-state index is 11.9. The van der Waals surface area contributed by atoms with Crippen LogP contribution >= 0.6 is 8.69 Å². The predicted octanol–water partition coefficient (Wildman–Crippen LogP) is 4.71. The lowest BCUT2D eigenvalue weighted by Crippen LogP contribution is -2.28. The van der Waals surface area contributed by atoms with Crippen molar-refractivity contribution in [1.29, 1.82) is 0 Å². The predicted molar refractivity (Wildman–Crippen MR) is 109 cm³/mol. The van der Waals surface area contributed by atoms with Gasteiger partial charge in [0.25, 0.3) is 0 Å². The van der Waals surface area contributed by atoms with Crippen LogP contribution in [0.25, 0.3) is 0 Å². The lowest BCUT2D eigenvalue weighted by atomic mass is 10.1. The molecule has 7 nitrogen and oxygen atoms in total. The molecule has 0 unspecified atom stereocenters. The van der Waals surface area contributed by atoms with Gasteiger partial charge in [0.2, 0.25) is 0 Å². The highest BCUT2D eigenvalue weighted by atomic mass is 31.1. The normalized spacial score (nSPS) is 12.1. The third-order valence-corrected chi connectivity index (χ3v) is 4.62. The van der Waals surface area contributed by atoms with Crippen LogP contribution in [0.2, 0.25) is 0 Å². The Morgan fingerprint density at radius 2 is 1.39 bits per heavy atom. The zero-order valence-corrected chi connectivity index (χ0v) is 18.3. The molecule has 164 valence electrons. The second kappa shape index (κ2) is 20.7. The van der Waals surface area contributed by atoms with E-state index in [4.69, 9.17) is 19.7 Å². The van der Waals surface area contributed by atoms with Crippen LogP contribution in [0.1, 0.15) is 90.4 Å². The molecule has 0 aliphatic heterocycles. The number of nitrogens with two attached hydrogens (primary N) is 1. The maximum Gasteiger partial charge on any atom is 0.327 e. The Morgan fingerprint density at radius 1 is 0.821 bits per heavy atom. The highest BCUT2D eigenvalue weighted by Gasteiger charge is 2.17. The van der Waals surface area contributed by atoms with Gasteiger partial charge >= 0.3 is 20.6 Å². The minimum atomic E-state index is -0.734. The van der Waals surface area contributed by atoms with Gasteiger partial charge < -0.3 is 15.2 Å². The van der Waals surface area contributed by atoms with E-state index in [1.165, 1.54) is 19.3 Å². The molecule has 0 amide bonds. The molecule has 2 N–H and O–H groups in total. The largest absolute Gasteiger partial charge is 0.462 e. The van der Waals surface area contributed by atoms with E-state index in [-0.39, 0.29) is 25.2 Å². The van der Waals surface area contributed by atoms with E-state index < -0.39 is 14.8 Å². The first-order valence-corrected chi connectivity index (χ1v) is 11.4. The van der Waals surface area contributed by atoms with Crippen molar-refractivity contribution in [1.82, 2.24) is 0 Å². The average molecular weight is 419 g/mol. The molecule has 0 bridgehead atoms. The van der Waals surface area contributed by atoms with Gasteiger partial charge in [-0.1, -0.05) is 58.3 Å². The van der Waals surface area contributed by atoms with Crippen molar-refractivity contribution in [2.45, 2.75) is 96.5 Å². The molecule has 0 spiro atoms. The molecule has 1 atom stereocenters. The van der Waals surface area contributed by atoms with E-state index in [9.17, 15) is 14.2 Å². The van der Waals surface area contributed by atoms with Crippen molar-refractivity contribution in [2.24, 2.45) is 5.73 Å². The Bertz CT molecular complexity index is 408. The third-order valence-electron chi connectivity index (χ3n) is 4.36. The standard InChI is InChI=1S/C20H38NO6P/c1-2-3-4-5-7-11-14-20(23)27-18(17-26-28-24)16-25-19(22)13-10-8-6-9-12-15-21/h18H,2-17,21H2,1H3/t18-/m1/s1. The molecule has 0 heterocycles. The van der Waals surface area contributed by atoms with Gasteiger partial charge in [0.1, 0.15) is 13.2 Å². The summed E-state index contributed by atoms with van der Waals surface area (Å²) in [6, 6.07) is 0. The Morgan fingerprint density at radius 3 is 2.00 bits per heavy atom. The summed E-state index contributed by atoms with van der Waals surface area (Å²) in [7, 11) is -0.496. The van der Waals surface area contributed by atoms with E-state index in [1.54, 1.807) is 0 Å². The van der Waals surface area contributed by atoms with Crippen molar-refractivity contribution in [3.05, 3.63) is 0 Å². The SMILES string of the molecule is CCCCCCCCC(=O)O[C@@H](COP=O)COC(=O)CCCCCCCN. The molecule has 28 heavy (non-hydrogen) atoms. The molecular formula is C20H38NO6P. The molecule has 0 aliphatic rings. The van der Waals surface area contributed by atoms with Crippen LogP contribution < -0.4 is 5.73 Å². The number of carbonyl (C=O) groups excluding carboxylic acids is 2. The van der Waals surface area contributed by atoms with Crippen molar-refractivity contribution in [2.75, 3.05) is 19.8 Å². The summed E-state index contributed by atoms with van der Waals surface area (Å²) in [5, 5.41) is 0. The van der Waals surface area contributed by atoms with Crippen LogP contribution in [-0.4, -0.2) is 37.8 Å². The number of unbranched alkanes of at least 4 members (excludes halogenated alkanes) is 9. The first-order chi connectivity index (χ1) is 13.6. The monoisotopic (exact) mass is 419 g/mol. The van der Waals surface area contributed by atoms with Crippen molar-refractivity contribution < 1.29 is 28.2 Å². The molecule has 0 saturated carbocycles. The first kappa shape index (κ1) is 27.0. The van der Waals surface area contributed by atoms with E-state index in [1.807, 2.05) is 0 Å². The second-order valence-electron chi connectivity index (χ2n) is 6.99. The number of hydrogen-bond acceptors (Lipinski definition) is 7. The van der Waals surface area contributed by atoms with E-state index in [0.29, 0.717) is 19.4 Å². The number of esters is 2. The number of carbonyl (C=O) groups is 2.